The lowest BCUT2D eigenvalue weighted by Crippen LogP contribution is -2.64. The molecule has 4 atom stereocenters. The van der Waals surface area contributed by atoms with Gasteiger partial charge in [-0.2, -0.15) is 0 Å². The molecule has 4 unspecified atom stereocenters. The van der Waals surface area contributed by atoms with E-state index < -0.39 is 17.7 Å². The first-order chi connectivity index (χ1) is 8.04. The van der Waals surface area contributed by atoms with Crippen LogP contribution in [0.2, 0.25) is 0 Å². The Morgan fingerprint density at radius 2 is 1.94 bits per heavy atom. The zero-order chi connectivity index (χ0) is 12.5. The van der Waals surface area contributed by atoms with Crippen molar-refractivity contribution in [3.63, 3.8) is 0 Å². The summed E-state index contributed by atoms with van der Waals surface area (Å²) in [7, 11) is 0. The molecule has 1 saturated heterocycles. The SMILES string of the molecule is CCCC1OC2(O)CCCCC2OC1(O)CC. The van der Waals surface area contributed by atoms with E-state index >= 15 is 0 Å². The molecule has 2 rings (SSSR count). The molecule has 4 nitrogen and oxygen atoms in total. The lowest BCUT2D eigenvalue weighted by Gasteiger charge is -2.52. The van der Waals surface area contributed by atoms with Crippen molar-refractivity contribution in [2.24, 2.45) is 0 Å². The topological polar surface area (TPSA) is 58.9 Å². The van der Waals surface area contributed by atoms with Gasteiger partial charge in [0.2, 0.25) is 0 Å². The number of fused-ring (bicyclic) bond motifs is 1. The van der Waals surface area contributed by atoms with Crippen LogP contribution in [0.4, 0.5) is 0 Å². The quantitative estimate of drug-likeness (QED) is 0.796. The van der Waals surface area contributed by atoms with Crippen molar-refractivity contribution in [1.82, 2.24) is 0 Å². The van der Waals surface area contributed by atoms with Gasteiger partial charge >= 0.3 is 0 Å². The molecule has 0 radical (unpaired) electrons. The molecule has 1 aliphatic heterocycles. The van der Waals surface area contributed by atoms with Gasteiger partial charge in [0.25, 0.3) is 0 Å². The average Bonchev–Trinajstić information content (AvgIpc) is 2.31. The summed E-state index contributed by atoms with van der Waals surface area (Å²) >= 11 is 0. The lowest BCUT2D eigenvalue weighted by molar-refractivity contribution is -0.431. The van der Waals surface area contributed by atoms with Crippen molar-refractivity contribution in [2.45, 2.75) is 82.6 Å². The van der Waals surface area contributed by atoms with E-state index in [4.69, 9.17) is 9.47 Å². The van der Waals surface area contributed by atoms with Gasteiger partial charge in [-0.15, -0.1) is 0 Å². The smallest absolute Gasteiger partial charge is 0.192 e. The predicted molar refractivity (Wildman–Crippen MR) is 63.3 cm³/mol. The Balaban J connectivity index is 2.17. The van der Waals surface area contributed by atoms with Gasteiger partial charge in [-0.05, 0) is 19.3 Å². The summed E-state index contributed by atoms with van der Waals surface area (Å²) in [5, 5.41) is 20.9. The Kier molecular flexibility index (Phi) is 3.78. The Hall–Kier alpha value is -0.160. The van der Waals surface area contributed by atoms with Crippen LogP contribution in [0.15, 0.2) is 0 Å². The second-order valence-electron chi connectivity index (χ2n) is 5.29. The highest BCUT2D eigenvalue weighted by Gasteiger charge is 2.54. The largest absolute Gasteiger partial charge is 0.363 e. The maximum atomic E-state index is 10.5. The standard InChI is InChI=1S/C13H24O4/c1-3-7-10-12(14,4-2)16-11-8-5-6-9-13(11,15)17-10/h10-11,14-15H,3-9H2,1-2H3. The molecular weight excluding hydrogens is 220 g/mol. The van der Waals surface area contributed by atoms with E-state index in [9.17, 15) is 10.2 Å². The lowest BCUT2D eigenvalue weighted by atomic mass is 9.87. The molecule has 1 heterocycles. The zero-order valence-corrected chi connectivity index (χ0v) is 10.8. The van der Waals surface area contributed by atoms with Gasteiger partial charge in [0.1, 0.15) is 12.2 Å². The van der Waals surface area contributed by atoms with Crippen LogP contribution >= 0.6 is 0 Å². The molecule has 0 amide bonds. The Morgan fingerprint density at radius 1 is 1.18 bits per heavy atom. The first-order valence-electron chi connectivity index (χ1n) is 6.84. The number of rotatable bonds is 3. The number of hydrogen-bond acceptors (Lipinski definition) is 4. The first-order valence-corrected chi connectivity index (χ1v) is 6.84. The van der Waals surface area contributed by atoms with Crippen molar-refractivity contribution >= 4 is 0 Å². The van der Waals surface area contributed by atoms with Crippen molar-refractivity contribution in [3.05, 3.63) is 0 Å². The highest BCUT2D eigenvalue weighted by Crippen LogP contribution is 2.43. The van der Waals surface area contributed by atoms with Crippen LogP contribution in [0.5, 0.6) is 0 Å². The molecule has 0 spiro atoms. The van der Waals surface area contributed by atoms with Crippen LogP contribution < -0.4 is 0 Å². The minimum Gasteiger partial charge on any atom is -0.363 e. The molecule has 0 bridgehead atoms. The monoisotopic (exact) mass is 244 g/mol. The van der Waals surface area contributed by atoms with Crippen LogP contribution in [0.25, 0.3) is 0 Å². The summed E-state index contributed by atoms with van der Waals surface area (Å²) in [6, 6.07) is 0. The molecule has 100 valence electrons. The highest BCUT2D eigenvalue weighted by atomic mass is 16.7. The minimum atomic E-state index is -1.23. The number of aliphatic hydroxyl groups is 2. The third-order valence-electron chi connectivity index (χ3n) is 4.01. The predicted octanol–water partition coefficient (Wildman–Crippen LogP) is 1.93. The molecule has 0 aromatic carbocycles. The summed E-state index contributed by atoms with van der Waals surface area (Å²) in [6.45, 7) is 3.93. The van der Waals surface area contributed by atoms with Crippen molar-refractivity contribution in [1.29, 1.82) is 0 Å². The Bertz CT molecular complexity index is 270. The van der Waals surface area contributed by atoms with E-state index in [0.717, 1.165) is 25.7 Å². The first kappa shape index (κ1) is 13.3. The molecule has 2 aliphatic rings. The Labute approximate surface area is 103 Å². The second-order valence-corrected chi connectivity index (χ2v) is 5.29. The van der Waals surface area contributed by atoms with E-state index in [-0.39, 0.29) is 6.10 Å². The van der Waals surface area contributed by atoms with Crippen LogP contribution in [-0.2, 0) is 9.47 Å². The third kappa shape index (κ3) is 2.36. The van der Waals surface area contributed by atoms with Crippen LogP contribution in [0.3, 0.4) is 0 Å². The maximum Gasteiger partial charge on any atom is 0.192 e. The van der Waals surface area contributed by atoms with E-state index in [2.05, 4.69) is 0 Å². The normalized spacial score (nSPS) is 46.6. The summed E-state index contributed by atoms with van der Waals surface area (Å²) in [6.07, 6.45) is 4.65. The molecule has 1 saturated carbocycles. The second kappa shape index (κ2) is 4.84. The van der Waals surface area contributed by atoms with Gasteiger partial charge in [-0.25, -0.2) is 0 Å². The highest BCUT2D eigenvalue weighted by molar-refractivity contribution is 4.94. The van der Waals surface area contributed by atoms with E-state index in [0.29, 0.717) is 19.3 Å². The van der Waals surface area contributed by atoms with E-state index in [1.807, 2.05) is 13.8 Å². The van der Waals surface area contributed by atoms with Gasteiger partial charge < -0.3 is 19.7 Å². The fraction of sp³-hybridized carbons (Fsp3) is 1.00. The zero-order valence-electron chi connectivity index (χ0n) is 10.8. The number of ether oxygens (including phenoxy) is 2. The molecule has 2 N–H and O–H groups in total. The van der Waals surface area contributed by atoms with Gasteiger partial charge in [-0.3, -0.25) is 0 Å². The molecule has 4 heteroatoms. The molecule has 2 fully saturated rings. The summed E-state index contributed by atoms with van der Waals surface area (Å²) < 4.78 is 11.6. The van der Waals surface area contributed by atoms with Crippen molar-refractivity contribution in [3.8, 4) is 0 Å². The van der Waals surface area contributed by atoms with Crippen LogP contribution in [0, 0.1) is 0 Å². The van der Waals surface area contributed by atoms with Crippen molar-refractivity contribution < 1.29 is 19.7 Å². The van der Waals surface area contributed by atoms with Crippen molar-refractivity contribution in [2.75, 3.05) is 0 Å². The Morgan fingerprint density at radius 3 is 2.59 bits per heavy atom. The van der Waals surface area contributed by atoms with Crippen LogP contribution in [0.1, 0.15) is 58.8 Å². The summed E-state index contributed by atoms with van der Waals surface area (Å²) in [5.74, 6) is -2.41. The van der Waals surface area contributed by atoms with E-state index in [1.165, 1.54) is 0 Å². The molecule has 17 heavy (non-hydrogen) atoms. The van der Waals surface area contributed by atoms with Crippen LogP contribution in [-0.4, -0.2) is 34.0 Å². The summed E-state index contributed by atoms with van der Waals surface area (Å²) in [4.78, 5) is 0. The molecular formula is C13H24O4. The summed E-state index contributed by atoms with van der Waals surface area (Å²) in [5.41, 5.74) is 0. The fourth-order valence-corrected chi connectivity index (χ4v) is 2.90. The third-order valence-corrected chi connectivity index (χ3v) is 4.01. The molecule has 1 aliphatic carbocycles. The maximum absolute atomic E-state index is 10.5. The van der Waals surface area contributed by atoms with E-state index in [1.54, 1.807) is 0 Å². The van der Waals surface area contributed by atoms with Gasteiger partial charge in [0.15, 0.2) is 11.6 Å². The van der Waals surface area contributed by atoms with Gasteiger partial charge in [-0.1, -0.05) is 26.7 Å². The molecule has 0 aromatic rings. The van der Waals surface area contributed by atoms with Gasteiger partial charge in [0.05, 0.1) is 0 Å². The van der Waals surface area contributed by atoms with Gasteiger partial charge in [0, 0.05) is 12.8 Å². The average molecular weight is 244 g/mol. The minimum absolute atomic E-state index is 0.380. The number of hydrogen-bond donors (Lipinski definition) is 2. The fourth-order valence-electron chi connectivity index (χ4n) is 2.90. The molecule has 0 aromatic heterocycles.